The van der Waals surface area contributed by atoms with Crippen LogP contribution in [0, 0.1) is 0 Å². The summed E-state index contributed by atoms with van der Waals surface area (Å²) in [6.45, 7) is 0. The minimum Gasteiger partial charge on any atom is -0.267 e. The lowest BCUT2D eigenvalue weighted by Crippen LogP contribution is -2.17. The molecule has 1 amide bonds. The van der Waals surface area contributed by atoms with Crippen molar-refractivity contribution in [2.24, 2.45) is 5.10 Å². The van der Waals surface area contributed by atoms with Crippen molar-refractivity contribution >= 4 is 12.1 Å². The number of hydrazone groups is 1. The fourth-order valence-corrected chi connectivity index (χ4v) is 3.60. The Morgan fingerprint density at radius 1 is 0.765 bits per heavy atom. The van der Waals surface area contributed by atoms with Crippen LogP contribution in [0.4, 0.5) is 0 Å². The average Bonchev–Trinajstić information content (AvgIpc) is 3.34. The predicted molar refractivity (Wildman–Crippen MR) is 134 cm³/mol. The Hall–Kier alpha value is -4.84. The van der Waals surface area contributed by atoms with Crippen molar-refractivity contribution in [3.05, 3.63) is 127 Å². The minimum atomic E-state index is -0.303. The monoisotopic (exact) mass is 443 g/mol. The van der Waals surface area contributed by atoms with Crippen molar-refractivity contribution in [1.29, 1.82) is 0 Å². The number of para-hydroxylation sites is 1. The number of aromatic nitrogens is 3. The highest BCUT2D eigenvalue weighted by atomic mass is 16.2. The molecular weight excluding hydrogens is 422 g/mol. The van der Waals surface area contributed by atoms with E-state index in [-0.39, 0.29) is 5.91 Å². The third-order valence-corrected chi connectivity index (χ3v) is 5.34. The molecule has 0 aliphatic heterocycles. The fourth-order valence-electron chi connectivity index (χ4n) is 3.60. The third-order valence-electron chi connectivity index (χ3n) is 5.34. The highest BCUT2D eigenvalue weighted by Crippen LogP contribution is 2.26. The highest BCUT2D eigenvalue weighted by molar-refractivity contribution is 5.95. The first-order valence-electron chi connectivity index (χ1n) is 10.8. The zero-order chi connectivity index (χ0) is 23.2. The van der Waals surface area contributed by atoms with Gasteiger partial charge in [0.25, 0.3) is 5.91 Å². The molecule has 0 saturated heterocycles. The molecule has 3 aromatic carbocycles. The Morgan fingerprint density at radius 2 is 1.38 bits per heavy atom. The maximum Gasteiger partial charge on any atom is 0.271 e. The van der Waals surface area contributed by atoms with Crippen LogP contribution in [-0.2, 0) is 0 Å². The van der Waals surface area contributed by atoms with E-state index < -0.39 is 0 Å². The molecule has 5 rings (SSSR count). The van der Waals surface area contributed by atoms with Crippen LogP contribution in [0.1, 0.15) is 15.9 Å². The van der Waals surface area contributed by atoms with Crippen LogP contribution in [0.15, 0.2) is 121 Å². The zero-order valence-electron chi connectivity index (χ0n) is 18.2. The van der Waals surface area contributed by atoms with E-state index in [0.29, 0.717) is 5.56 Å². The molecule has 6 nitrogen and oxygen atoms in total. The topological polar surface area (TPSA) is 72.2 Å². The van der Waals surface area contributed by atoms with E-state index in [1.807, 2.05) is 71.5 Å². The molecular formula is C28H21N5O. The normalized spacial score (nSPS) is 10.9. The van der Waals surface area contributed by atoms with Crippen LogP contribution in [0.3, 0.4) is 0 Å². The Morgan fingerprint density at radius 3 is 2.09 bits per heavy atom. The summed E-state index contributed by atoms with van der Waals surface area (Å²) in [5.74, 6) is -0.303. The van der Waals surface area contributed by atoms with Gasteiger partial charge in [0, 0.05) is 35.3 Å². The summed E-state index contributed by atoms with van der Waals surface area (Å²) >= 11 is 0. The molecule has 2 aromatic heterocycles. The molecule has 0 aliphatic carbocycles. The van der Waals surface area contributed by atoms with E-state index in [0.717, 1.165) is 33.6 Å². The molecule has 0 fully saturated rings. The molecule has 0 unspecified atom stereocenters. The second-order valence-corrected chi connectivity index (χ2v) is 7.59. The van der Waals surface area contributed by atoms with Crippen molar-refractivity contribution in [3.63, 3.8) is 0 Å². The summed E-state index contributed by atoms with van der Waals surface area (Å²) in [5, 5.41) is 8.99. The molecule has 0 bridgehead atoms. The predicted octanol–water partition coefficient (Wildman–Crippen LogP) is 5.37. The summed E-state index contributed by atoms with van der Waals surface area (Å²) in [4.78, 5) is 16.2. The Bertz CT molecular complexity index is 1410. The van der Waals surface area contributed by atoms with Gasteiger partial charge < -0.3 is 0 Å². The van der Waals surface area contributed by atoms with E-state index in [9.17, 15) is 4.79 Å². The summed E-state index contributed by atoms with van der Waals surface area (Å²) in [7, 11) is 0. The number of hydrogen-bond donors (Lipinski definition) is 1. The zero-order valence-corrected chi connectivity index (χ0v) is 18.2. The average molecular weight is 444 g/mol. The molecule has 0 saturated carbocycles. The lowest BCUT2D eigenvalue weighted by molar-refractivity contribution is 0.0955. The van der Waals surface area contributed by atoms with Crippen molar-refractivity contribution < 1.29 is 4.79 Å². The van der Waals surface area contributed by atoms with Gasteiger partial charge in [-0.1, -0.05) is 72.8 Å². The van der Waals surface area contributed by atoms with Gasteiger partial charge >= 0.3 is 0 Å². The van der Waals surface area contributed by atoms with E-state index in [2.05, 4.69) is 39.8 Å². The van der Waals surface area contributed by atoms with Crippen LogP contribution < -0.4 is 5.43 Å². The SMILES string of the molecule is O=C(N/N=C/c1cn(-c2ccccc2)nc1-c1ccc(-c2ccccc2)cc1)c1ccncc1. The molecule has 164 valence electrons. The molecule has 0 atom stereocenters. The van der Waals surface area contributed by atoms with Crippen LogP contribution in [0.25, 0.3) is 28.1 Å². The van der Waals surface area contributed by atoms with Gasteiger partial charge in [-0.3, -0.25) is 9.78 Å². The highest BCUT2D eigenvalue weighted by Gasteiger charge is 2.12. The quantitative estimate of drug-likeness (QED) is 0.283. The van der Waals surface area contributed by atoms with E-state index in [1.54, 1.807) is 30.7 Å². The third kappa shape index (κ3) is 4.66. The van der Waals surface area contributed by atoms with Crippen molar-refractivity contribution in [3.8, 4) is 28.1 Å². The summed E-state index contributed by atoms with van der Waals surface area (Å²) in [6, 6.07) is 31.6. The van der Waals surface area contributed by atoms with Gasteiger partial charge in [-0.2, -0.15) is 10.2 Å². The molecule has 2 heterocycles. The largest absolute Gasteiger partial charge is 0.271 e. The van der Waals surface area contributed by atoms with Crippen LogP contribution in [-0.4, -0.2) is 26.9 Å². The van der Waals surface area contributed by atoms with E-state index in [1.165, 1.54) is 0 Å². The first-order valence-corrected chi connectivity index (χ1v) is 10.8. The van der Waals surface area contributed by atoms with Gasteiger partial charge in [0.2, 0.25) is 0 Å². The maximum atomic E-state index is 12.3. The summed E-state index contributed by atoms with van der Waals surface area (Å²) in [5.41, 5.74) is 8.79. The molecule has 0 aliphatic rings. The van der Waals surface area contributed by atoms with Gasteiger partial charge in [0.1, 0.15) is 5.69 Å². The van der Waals surface area contributed by atoms with E-state index >= 15 is 0 Å². The van der Waals surface area contributed by atoms with Crippen molar-refractivity contribution in [1.82, 2.24) is 20.2 Å². The van der Waals surface area contributed by atoms with Gasteiger partial charge in [-0.05, 0) is 35.4 Å². The van der Waals surface area contributed by atoms with Crippen LogP contribution >= 0.6 is 0 Å². The molecule has 34 heavy (non-hydrogen) atoms. The van der Waals surface area contributed by atoms with Gasteiger partial charge in [0.15, 0.2) is 0 Å². The number of rotatable bonds is 6. The number of nitrogens with zero attached hydrogens (tertiary/aromatic N) is 4. The standard InChI is InChI=1S/C28H21N5O/c34-28(24-15-17-29-18-16-24)31-30-19-25-20-33(26-9-5-2-6-10-26)32-27(25)23-13-11-22(12-14-23)21-7-3-1-4-8-21/h1-20H,(H,31,34)/b30-19+. The van der Waals surface area contributed by atoms with Crippen molar-refractivity contribution in [2.45, 2.75) is 0 Å². The van der Waals surface area contributed by atoms with Gasteiger partial charge in [-0.15, -0.1) is 0 Å². The Balaban J connectivity index is 1.46. The minimum absolute atomic E-state index is 0.303. The van der Waals surface area contributed by atoms with Gasteiger partial charge in [0.05, 0.1) is 11.9 Å². The number of carbonyl (C=O) groups excluding carboxylic acids is 1. The Labute approximate surface area is 197 Å². The van der Waals surface area contributed by atoms with Crippen LogP contribution in [0.2, 0.25) is 0 Å². The second kappa shape index (κ2) is 9.75. The first kappa shape index (κ1) is 21.0. The second-order valence-electron chi connectivity index (χ2n) is 7.59. The molecule has 0 spiro atoms. The van der Waals surface area contributed by atoms with Crippen LogP contribution in [0.5, 0.6) is 0 Å². The van der Waals surface area contributed by atoms with Gasteiger partial charge in [-0.25, -0.2) is 10.1 Å². The number of pyridine rings is 1. The number of hydrogen-bond acceptors (Lipinski definition) is 4. The number of amides is 1. The first-order chi connectivity index (χ1) is 16.8. The maximum absolute atomic E-state index is 12.3. The lowest BCUT2D eigenvalue weighted by atomic mass is 10.0. The summed E-state index contributed by atoms with van der Waals surface area (Å²) in [6.07, 6.45) is 6.66. The molecule has 0 radical (unpaired) electrons. The smallest absolute Gasteiger partial charge is 0.267 e. The summed E-state index contributed by atoms with van der Waals surface area (Å²) < 4.78 is 1.81. The lowest BCUT2D eigenvalue weighted by Gasteiger charge is -2.04. The van der Waals surface area contributed by atoms with E-state index in [4.69, 9.17) is 5.10 Å². The molecule has 6 heteroatoms. The Kier molecular flexibility index (Phi) is 6.03. The molecule has 5 aromatic rings. The number of carbonyl (C=O) groups is 1. The fraction of sp³-hybridized carbons (Fsp3) is 0. The number of benzene rings is 3. The molecule has 1 N–H and O–H groups in total. The number of nitrogens with one attached hydrogen (secondary N) is 1. The van der Waals surface area contributed by atoms with Crippen molar-refractivity contribution in [2.75, 3.05) is 0 Å².